The first-order valence-corrected chi connectivity index (χ1v) is 6.54. The van der Waals surface area contributed by atoms with Crippen LogP contribution in [0.2, 0.25) is 0 Å². The molecular formula is C14H21N3O. The number of aromatic nitrogens is 1. The molecule has 0 unspecified atom stereocenters. The Kier molecular flexibility index (Phi) is 3.84. The third-order valence-electron chi connectivity index (χ3n) is 3.71. The number of amides is 2. The summed E-state index contributed by atoms with van der Waals surface area (Å²) in [5.41, 5.74) is 0.887. The second kappa shape index (κ2) is 5.38. The molecule has 1 heterocycles. The Morgan fingerprint density at radius 2 is 2.17 bits per heavy atom. The lowest BCUT2D eigenvalue weighted by Gasteiger charge is -2.26. The van der Waals surface area contributed by atoms with Crippen molar-refractivity contribution >= 4 is 6.03 Å². The maximum atomic E-state index is 12.1. The molecule has 2 amide bonds. The minimum atomic E-state index is -0.0625. The van der Waals surface area contributed by atoms with Crippen LogP contribution in [-0.4, -0.2) is 29.0 Å². The molecule has 1 fully saturated rings. The van der Waals surface area contributed by atoms with Crippen LogP contribution in [0, 0.1) is 5.92 Å². The van der Waals surface area contributed by atoms with Gasteiger partial charge in [0.15, 0.2) is 0 Å². The Morgan fingerprint density at radius 3 is 2.72 bits per heavy atom. The van der Waals surface area contributed by atoms with Gasteiger partial charge in [-0.1, -0.05) is 6.07 Å². The van der Waals surface area contributed by atoms with E-state index in [0.29, 0.717) is 12.0 Å². The monoisotopic (exact) mass is 247 g/mol. The quantitative estimate of drug-likeness (QED) is 0.888. The Morgan fingerprint density at radius 1 is 1.44 bits per heavy atom. The minimum absolute atomic E-state index is 0.0208. The standard InChI is InChI=1S/C14H21N3O/c1-10(13-6-4-5-9-15-13)16-14(18)17(3)11(2)12-7-8-12/h4-6,9-12H,7-8H2,1-3H3,(H,16,18)/t10-,11+/m1/s1. The molecule has 0 saturated heterocycles. The van der Waals surface area contributed by atoms with E-state index in [2.05, 4.69) is 17.2 Å². The number of nitrogens with zero attached hydrogens (tertiary/aromatic N) is 2. The van der Waals surface area contributed by atoms with Crippen LogP contribution in [0.15, 0.2) is 24.4 Å². The van der Waals surface area contributed by atoms with Crippen LogP contribution in [0.25, 0.3) is 0 Å². The number of nitrogens with one attached hydrogen (secondary N) is 1. The zero-order valence-electron chi connectivity index (χ0n) is 11.3. The van der Waals surface area contributed by atoms with Gasteiger partial charge in [-0.25, -0.2) is 4.79 Å². The van der Waals surface area contributed by atoms with Crippen LogP contribution < -0.4 is 5.32 Å². The predicted octanol–water partition coefficient (Wildman–Crippen LogP) is 2.58. The molecule has 4 nitrogen and oxygen atoms in total. The summed E-state index contributed by atoms with van der Waals surface area (Å²) in [6.45, 7) is 4.07. The highest BCUT2D eigenvalue weighted by Gasteiger charge is 2.32. The lowest BCUT2D eigenvalue weighted by molar-refractivity contribution is 0.184. The van der Waals surface area contributed by atoms with Crippen molar-refractivity contribution in [2.75, 3.05) is 7.05 Å². The molecule has 0 radical (unpaired) electrons. The molecule has 0 bridgehead atoms. The highest BCUT2D eigenvalue weighted by atomic mass is 16.2. The van der Waals surface area contributed by atoms with Gasteiger partial charge in [-0.3, -0.25) is 4.98 Å². The van der Waals surface area contributed by atoms with Gasteiger partial charge in [0.05, 0.1) is 11.7 Å². The molecule has 4 heteroatoms. The molecule has 2 atom stereocenters. The van der Waals surface area contributed by atoms with Gasteiger partial charge < -0.3 is 10.2 Å². The van der Waals surface area contributed by atoms with Crippen molar-refractivity contribution in [2.24, 2.45) is 5.92 Å². The Hall–Kier alpha value is -1.58. The van der Waals surface area contributed by atoms with Crippen molar-refractivity contribution < 1.29 is 4.79 Å². The summed E-state index contributed by atoms with van der Waals surface area (Å²) in [6.07, 6.45) is 4.23. The van der Waals surface area contributed by atoms with E-state index in [1.807, 2.05) is 32.2 Å². The fourth-order valence-electron chi connectivity index (χ4n) is 2.07. The third-order valence-corrected chi connectivity index (χ3v) is 3.71. The summed E-state index contributed by atoms with van der Waals surface area (Å²) in [6, 6.07) is 5.97. The molecule has 1 aliphatic rings. The van der Waals surface area contributed by atoms with E-state index >= 15 is 0 Å². The van der Waals surface area contributed by atoms with Gasteiger partial charge in [-0.2, -0.15) is 0 Å². The largest absolute Gasteiger partial charge is 0.330 e. The minimum Gasteiger partial charge on any atom is -0.330 e. The van der Waals surface area contributed by atoms with Crippen molar-refractivity contribution in [2.45, 2.75) is 38.8 Å². The summed E-state index contributed by atoms with van der Waals surface area (Å²) < 4.78 is 0. The van der Waals surface area contributed by atoms with Gasteiger partial charge >= 0.3 is 6.03 Å². The van der Waals surface area contributed by atoms with Gasteiger partial charge in [-0.05, 0) is 44.7 Å². The molecule has 98 valence electrons. The second-order valence-corrected chi connectivity index (χ2v) is 5.11. The van der Waals surface area contributed by atoms with Gasteiger partial charge in [0.1, 0.15) is 0 Å². The molecule has 18 heavy (non-hydrogen) atoms. The summed E-state index contributed by atoms with van der Waals surface area (Å²) in [4.78, 5) is 18.1. The topological polar surface area (TPSA) is 45.2 Å². The summed E-state index contributed by atoms with van der Waals surface area (Å²) in [5.74, 6) is 0.686. The number of hydrogen-bond donors (Lipinski definition) is 1. The Balaban J connectivity index is 1.90. The molecular weight excluding hydrogens is 226 g/mol. The lowest BCUT2D eigenvalue weighted by Crippen LogP contribution is -2.44. The van der Waals surface area contributed by atoms with E-state index in [0.717, 1.165) is 5.69 Å². The first-order chi connectivity index (χ1) is 8.59. The lowest BCUT2D eigenvalue weighted by atomic mass is 10.2. The van der Waals surface area contributed by atoms with Crippen LogP contribution in [0.5, 0.6) is 0 Å². The van der Waals surface area contributed by atoms with Crippen LogP contribution in [0.1, 0.15) is 38.4 Å². The molecule has 1 aromatic heterocycles. The van der Waals surface area contributed by atoms with Crippen LogP contribution >= 0.6 is 0 Å². The maximum absolute atomic E-state index is 12.1. The van der Waals surface area contributed by atoms with E-state index in [9.17, 15) is 4.79 Å². The van der Waals surface area contributed by atoms with Crippen molar-refractivity contribution in [1.29, 1.82) is 0 Å². The first kappa shape index (κ1) is 12.9. The number of urea groups is 1. The molecule has 1 saturated carbocycles. The van der Waals surface area contributed by atoms with Crippen LogP contribution in [0.4, 0.5) is 4.79 Å². The third kappa shape index (κ3) is 3.00. The highest BCUT2D eigenvalue weighted by Crippen LogP contribution is 2.34. The summed E-state index contributed by atoms with van der Waals surface area (Å²) >= 11 is 0. The van der Waals surface area contributed by atoms with Crippen molar-refractivity contribution in [3.05, 3.63) is 30.1 Å². The highest BCUT2D eigenvalue weighted by molar-refractivity contribution is 5.74. The SMILES string of the molecule is C[C@@H](NC(=O)N(C)[C@@H](C)C1CC1)c1ccccn1. The van der Waals surface area contributed by atoms with Crippen molar-refractivity contribution in [3.8, 4) is 0 Å². The number of carbonyl (C=O) groups excluding carboxylic acids is 1. The number of hydrogen-bond acceptors (Lipinski definition) is 2. The van der Waals surface area contributed by atoms with E-state index in [1.54, 1.807) is 11.1 Å². The molecule has 0 aromatic carbocycles. The van der Waals surface area contributed by atoms with Crippen molar-refractivity contribution in [3.63, 3.8) is 0 Å². The van der Waals surface area contributed by atoms with Gasteiger partial charge in [0, 0.05) is 19.3 Å². The molecule has 2 rings (SSSR count). The fourth-order valence-corrected chi connectivity index (χ4v) is 2.07. The van der Waals surface area contributed by atoms with E-state index < -0.39 is 0 Å². The second-order valence-electron chi connectivity index (χ2n) is 5.11. The summed E-state index contributed by atoms with van der Waals surface area (Å²) in [5, 5.41) is 2.98. The predicted molar refractivity (Wildman–Crippen MR) is 71.1 cm³/mol. The first-order valence-electron chi connectivity index (χ1n) is 6.54. The zero-order chi connectivity index (χ0) is 13.1. The Bertz CT molecular complexity index is 403. The molecule has 1 N–H and O–H groups in total. The average molecular weight is 247 g/mol. The van der Waals surface area contributed by atoms with Gasteiger partial charge in [0.2, 0.25) is 0 Å². The number of pyridine rings is 1. The zero-order valence-corrected chi connectivity index (χ0v) is 11.3. The normalized spacial score (nSPS) is 17.9. The summed E-state index contributed by atoms with van der Waals surface area (Å²) in [7, 11) is 1.86. The molecule has 0 aliphatic heterocycles. The Labute approximate surface area is 108 Å². The van der Waals surface area contributed by atoms with E-state index in [4.69, 9.17) is 0 Å². The van der Waals surface area contributed by atoms with Crippen molar-refractivity contribution in [1.82, 2.24) is 15.2 Å². The van der Waals surface area contributed by atoms with E-state index in [-0.39, 0.29) is 12.1 Å². The van der Waals surface area contributed by atoms with Gasteiger partial charge in [0.25, 0.3) is 0 Å². The molecule has 1 aromatic rings. The smallest absolute Gasteiger partial charge is 0.317 e. The molecule has 1 aliphatic carbocycles. The number of carbonyl (C=O) groups is 1. The van der Waals surface area contributed by atoms with Gasteiger partial charge in [-0.15, -0.1) is 0 Å². The van der Waals surface area contributed by atoms with Crippen LogP contribution in [-0.2, 0) is 0 Å². The van der Waals surface area contributed by atoms with Crippen LogP contribution in [0.3, 0.4) is 0 Å². The molecule has 0 spiro atoms. The number of rotatable bonds is 4. The maximum Gasteiger partial charge on any atom is 0.317 e. The average Bonchev–Trinajstić information content (AvgIpc) is 3.22. The van der Waals surface area contributed by atoms with E-state index in [1.165, 1.54) is 12.8 Å². The fraction of sp³-hybridized carbons (Fsp3) is 0.571.